The van der Waals surface area contributed by atoms with Gasteiger partial charge >= 0.3 is 0 Å². The molecule has 1 aliphatic heterocycles. The van der Waals surface area contributed by atoms with Crippen LogP contribution >= 0.6 is 15.9 Å². The van der Waals surface area contributed by atoms with E-state index < -0.39 is 0 Å². The smallest absolute Gasteiger partial charge is 0.0574 e. The third-order valence-corrected chi connectivity index (χ3v) is 4.10. The van der Waals surface area contributed by atoms with Gasteiger partial charge in [-0.3, -0.25) is 0 Å². The van der Waals surface area contributed by atoms with Crippen LogP contribution in [0.5, 0.6) is 0 Å². The van der Waals surface area contributed by atoms with Crippen LogP contribution in [0.2, 0.25) is 0 Å². The molecular weight excluding hydrogens is 290 g/mol. The van der Waals surface area contributed by atoms with E-state index in [1.165, 1.54) is 32.4 Å². The maximum Gasteiger partial charge on any atom is 0.0574 e. The summed E-state index contributed by atoms with van der Waals surface area (Å²) < 4.78 is 1.03. The minimum absolute atomic E-state index is 0.810. The van der Waals surface area contributed by atoms with Gasteiger partial charge in [-0.15, -0.1) is 0 Å². The first-order chi connectivity index (χ1) is 8.65. The highest BCUT2D eigenvalue weighted by Crippen LogP contribution is 2.24. The second-order valence-electron chi connectivity index (χ2n) is 5.22. The molecule has 2 rings (SSSR count). The predicted octanol–water partition coefficient (Wildman–Crippen LogP) is 3.18. The van der Waals surface area contributed by atoms with Crippen molar-refractivity contribution in [1.82, 2.24) is 4.90 Å². The first-order valence-corrected chi connectivity index (χ1v) is 7.42. The van der Waals surface area contributed by atoms with Crippen LogP contribution in [-0.4, -0.2) is 31.6 Å². The SMILES string of the molecule is CN1CCCC(CCNc2ccc(Br)cc2N)C1. The third-order valence-electron chi connectivity index (χ3n) is 3.60. The number of hydrogen-bond donors (Lipinski definition) is 2. The molecule has 0 aromatic heterocycles. The van der Waals surface area contributed by atoms with E-state index in [9.17, 15) is 0 Å². The molecule has 1 aromatic carbocycles. The lowest BCUT2D eigenvalue weighted by Gasteiger charge is -2.29. The fourth-order valence-electron chi connectivity index (χ4n) is 2.61. The van der Waals surface area contributed by atoms with Crippen LogP contribution in [0.25, 0.3) is 0 Å². The molecule has 0 amide bonds. The van der Waals surface area contributed by atoms with Crippen molar-refractivity contribution in [3.05, 3.63) is 22.7 Å². The highest BCUT2D eigenvalue weighted by molar-refractivity contribution is 9.10. The fraction of sp³-hybridized carbons (Fsp3) is 0.571. The molecule has 3 nitrogen and oxygen atoms in total. The van der Waals surface area contributed by atoms with Gasteiger partial charge in [-0.1, -0.05) is 15.9 Å². The molecule has 1 unspecified atom stereocenters. The fourth-order valence-corrected chi connectivity index (χ4v) is 2.99. The van der Waals surface area contributed by atoms with Gasteiger partial charge in [-0.05, 0) is 57.0 Å². The van der Waals surface area contributed by atoms with Gasteiger partial charge in [0, 0.05) is 17.6 Å². The summed E-state index contributed by atoms with van der Waals surface area (Å²) in [4.78, 5) is 2.43. The summed E-state index contributed by atoms with van der Waals surface area (Å²) in [6, 6.07) is 6.00. The van der Waals surface area contributed by atoms with Crippen LogP contribution in [-0.2, 0) is 0 Å². The van der Waals surface area contributed by atoms with Crippen LogP contribution in [0.1, 0.15) is 19.3 Å². The molecule has 0 radical (unpaired) electrons. The van der Waals surface area contributed by atoms with Gasteiger partial charge in [0.05, 0.1) is 11.4 Å². The summed E-state index contributed by atoms with van der Waals surface area (Å²) in [6.45, 7) is 3.49. The third kappa shape index (κ3) is 3.89. The second kappa shape index (κ2) is 6.43. The first kappa shape index (κ1) is 13.7. The van der Waals surface area contributed by atoms with Gasteiger partial charge in [0.25, 0.3) is 0 Å². The maximum absolute atomic E-state index is 5.96. The molecule has 1 fully saturated rings. The zero-order valence-electron chi connectivity index (χ0n) is 11.0. The van der Waals surface area contributed by atoms with E-state index in [4.69, 9.17) is 5.73 Å². The number of piperidine rings is 1. The normalized spacial score (nSPS) is 20.9. The van der Waals surface area contributed by atoms with Crippen LogP contribution in [0.4, 0.5) is 11.4 Å². The van der Waals surface area contributed by atoms with E-state index in [1.54, 1.807) is 0 Å². The lowest BCUT2D eigenvalue weighted by molar-refractivity contribution is 0.205. The molecule has 1 heterocycles. The topological polar surface area (TPSA) is 41.3 Å². The molecular formula is C14H22BrN3. The number of rotatable bonds is 4. The Kier molecular flexibility index (Phi) is 4.89. The summed E-state index contributed by atoms with van der Waals surface area (Å²) in [5.74, 6) is 0.827. The number of hydrogen-bond acceptors (Lipinski definition) is 3. The molecule has 18 heavy (non-hydrogen) atoms. The molecule has 0 bridgehead atoms. The van der Waals surface area contributed by atoms with E-state index >= 15 is 0 Å². The molecule has 0 spiro atoms. The lowest BCUT2D eigenvalue weighted by Crippen LogP contribution is -2.32. The van der Waals surface area contributed by atoms with Crippen LogP contribution in [0.3, 0.4) is 0 Å². The Morgan fingerprint density at radius 2 is 2.33 bits per heavy atom. The summed E-state index contributed by atoms with van der Waals surface area (Å²) in [5.41, 5.74) is 7.82. The summed E-state index contributed by atoms with van der Waals surface area (Å²) >= 11 is 3.42. The van der Waals surface area contributed by atoms with Crippen molar-refractivity contribution >= 4 is 27.3 Å². The zero-order valence-corrected chi connectivity index (χ0v) is 12.5. The second-order valence-corrected chi connectivity index (χ2v) is 6.13. The number of anilines is 2. The van der Waals surface area contributed by atoms with Crippen molar-refractivity contribution in [2.45, 2.75) is 19.3 Å². The Morgan fingerprint density at radius 3 is 3.06 bits per heavy atom. The zero-order chi connectivity index (χ0) is 13.0. The van der Waals surface area contributed by atoms with Gasteiger partial charge in [0.1, 0.15) is 0 Å². The van der Waals surface area contributed by atoms with Crippen molar-refractivity contribution in [2.75, 3.05) is 37.7 Å². The quantitative estimate of drug-likeness (QED) is 0.839. The van der Waals surface area contributed by atoms with Crippen LogP contribution < -0.4 is 11.1 Å². The molecule has 1 atom stereocenters. The molecule has 1 aromatic rings. The highest BCUT2D eigenvalue weighted by Gasteiger charge is 2.16. The summed E-state index contributed by atoms with van der Waals surface area (Å²) in [5, 5.41) is 3.44. The van der Waals surface area contributed by atoms with Crippen molar-refractivity contribution in [3.63, 3.8) is 0 Å². The van der Waals surface area contributed by atoms with E-state index in [-0.39, 0.29) is 0 Å². The Hall–Kier alpha value is -0.740. The number of likely N-dealkylation sites (tertiary alicyclic amines) is 1. The van der Waals surface area contributed by atoms with Gasteiger partial charge < -0.3 is 16.0 Å². The number of nitrogen functional groups attached to an aromatic ring is 1. The van der Waals surface area contributed by atoms with Crippen molar-refractivity contribution in [3.8, 4) is 0 Å². The maximum atomic E-state index is 5.96. The number of halogens is 1. The van der Waals surface area contributed by atoms with Gasteiger partial charge in [0.2, 0.25) is 0 Å². The average Bonchev–Trinajstić information content (AvgIpc) is 2.32. The van der Waals surface area contributed by atoms with Crippen molar-refractivity contribution in [1.29, 1.82) is 0 Å². The monoisotopic (exact) mass is 311 g/mol. The van der Waals surface area contributed by atoms with Crippen LogP contribution in [0, 0.1) is 5.92 Å². The van der Waals surface area contributed by atoms with E-state index in [0.717, 1.165) is 28.3 Å². The van der Waals surface area contributed by atoms with Gasteiger partial charge in [-0.25, -0.2) is 0 Å². The van der Waals surface area contributed by atoms with Crippen molar-refractivity contribution < 1.29 is 0 Å². The van der Waals surface area contributed by atoms with Crippen molar-refractivity contribution in [2.24, 2.45) is 5.92 Å². The Labute approximate surface area is 118 Å². The standard InChI is InChI=1S/C14H22BrN3/c1-18-8-2-3-11(10-18)6-7-17-14-5-4-12(15)9-13(14)16/h4-5,9,11,17H,2-3,6-8,10,16H2,1H3. The van der Waals surface area contributed by atoms with E-state index in [2.05, 4.69) is 33.2 Å². The highest BCUT2D eigenvalue weighted by atomic mass is 79.9. The molecule has 3 N–H and O–H groups in total. The Balaban J connectivity index is 1.77. The first-order valence-electron chi connectivity index (χ1n) is 6.62. The van der Waals surface area contributed by atoms with E-state index in [1.807, 2.05) is 18.2 Å². The minimum atomic E-state index is 0.810. The Bertz CT molecular complexity index is 395. The largest absolute Gasteiger partial charge is 0.397 e. The number of nitrogens with one attached hydrogen (secondary N) is 1. The number of nitrogens with two attached hydrogens (primary N) is 1. The van der Waals surface area contributed by atoms with E-state index in [0.29, 0.717) is 0 Å². The Morgan fingerprint density at radius 1 is 1.50 bits per heavy atom. The number of benzene rings is 1. The predicted molar refractivity (Wildman–Crippen MR) is 81.9 cm³/mol. The number of nitrogens with zero attached hydrogens (tertiary/aromatic N) is 1. The minimum Gasteiger partial charge on any atom is -0.397 e. The molecule has 1 saturated heterocycles. The molecule has 1 aliphatic rings. The van der Waals surface area contributed by atoms with Crippen LogP contribution in [0.15, 0.2) is 22.7 Å². The molecule has 4 heteroatoms. The average molecular weight is 312 g/mol. The lowest BCUT2D eigenvalue weighted by atomic mass is 9.95. The molecule has 0 saturated carbocycles. The molecule has 100 valence electrons. The van der Waals surface area contributed by atoms with Gasteiger partial charge in [0.15, 0.2) is 0 Å². The summed E-state index contributed by atoms with van der Waals surface area (Å²) in [6.07, 6.45) is 3.92. The molecule has 0 aliphatic carbocycles. The van der Waals surface area contributed by atoms with Gasteiger partial charge in [-0.2, -0.15) is 0 Å². The summed E-state index contributed by atoms with van der Waals surface area (Å²) in [7, 11) is 2.21.